The highest BCUT2D eigenvalue weighted by Gasteiger charge is 2.23. The molecule has 1 aliphatic heterocycles. The number of aliphatic hydroxyl groups excluding tert-OH is 1. The van der Waals surface area contributed by atoms with Gasteiger partial charge in [-0.3, -0.25) is 4.99 Å². The van der Waals surface area contributed by atoms with E-state index in [0.29, 0.717) is 12.5 Å². The van der Waals surface area contributed by atoms with Gasteiger partial charge in [-0.2, -0.15) is 0 Å². The number of anilines is 1. The number of rotatable bonds is 9. The second-order valence-electron chi connectivity index (χ2n) is 7.69. The fourth-order valence-corrected chi connectivity index (χ4v) is 3.82. The van der Waals surface area contributed by atoms with Crippen molar-refractivity contribution in [1.29, 1.82) is 0 Å². The lowest BCUT2D eigenvalue weighted by atomic mass is 10.0. The molecule has 1 fully saturated rings. The summed E-state index contributed by atoms with van der Waals surface area (Å²) in [6.07, 6.45) is 1.15. The van der Waals surface area contributed by atoms with Crippen molar-refractivity contribution in [3.8, 4) is 5.75 Å². The second-order valence-corrected chi connectivity index (χ2v) is 7.69. The molecule has 2 unspecified atom stereocenters. The van der Waals surface area contributed by atoms with E-state index in [1.807, 2.05) is 42.5 Å². The van der Waals surface area contributed by atoms with Gasteiger partial charge in [0.1, 0.15) is 5.75 Å². The second kappa shape index (κ2) is 13.4. The average molecular weight is 538 g/mol. The summed E-state index contributed by atoms with van der Waals surface area (Å²) in [6.45, 7) is 6.46. The van der Waals surface area contributed by atoms with Gasteiger partial charge < -0.3 is 25.4 Å². The number of nitrogens with one attached hydrogen (secondary N) is 2. The van der Waals surface area contributed by atoms with E-state index in [1.165, 1.54) is 5.69 Å². The molecule has 0 amide bonds. The third-order valence-electron chi connectivity index (χ3n) is 5.57. The Morgan fingerprint density at radius 2 is 2.00 bits per heavy atom. The van der Waals surface area contributed by atoms with Crippen molar-refractivity contribution >= 4 is 35.6 Å². The highest BCUT2D eigenvalue weighted by atomic mass is 127. The van der Waals surface area contributed by atoms with E-state index in [2.05, 4.69) is 34.6 Å². The number of guanidine groups is 1. The lowest BCUT2D eigenvalue weighted by Crippen LogP contribution is -2.40. The molecular formula is C24H35IN4O2. The zero-order chi connectivity index (χ0) is 21.2. The number of halogens is 1. The van der Waals surface area contributed by atoms with E-state index in [0.717, 1.165) is 49.9 Å². The molecule has 0 radical (unpaired) electrons. The quantitative estimate of drug-likeness (QED) is 0.259. The predicted molar refractivity (Wildman–Crippen MR) is 139 cm³/mol. The molecule has 0 aliphatic carbocycles. The molecule has 1 saturated heterocycles. The zero-order valence-corrected chi connectivity index (χ0v) is 20.8. The Hall–Kier alpha value is -2.00. The zero-order valence-electron chi connectivity index (χ0n) is 18.5. The summed E-state index contributed by atoms with van der Waals surface area (Å²) in [7, 11) is 1.70. The number of ether oxygens (including phenoxy) is 1. The van der Waals surface area contributed by atoms with Crippen LogP contribution in [-0.4, -0.2) is 57.5 Å². The maximum atomic E-state index is 9.78. The van der Waals surface area contributed by atoms with Crippen molar-refractivity contribution in [3.63, 3.8) is 0 Å². The number of hydrogen-bond acceptors (Lipinski definition) is 4. The van der Waals surface area contributed by atoms with E-state index in [4.69, 9.17) is 9.73 Å². The predicted octanol–water partition coefficient (Wildman–Crippen LogP) is 3.47. The minimum atomic E-state index is 0. The van der Waals surface area contributed by atoms with Crippen molar-refractivity contribution in [2.45, 2.75) is 19.3 Å². The third-order valence-corrected chi connectivity index (χ3v) is 5.57. The van der Waals surface area contributed by atoms with E-state index < -0.39 is 0 Å². The topological polar surface area (TPSA) is 69.1 Å². The van der Waals surface area contributed by atoms with Crippen molar-refractivity contribution in [2.75, 3.05) is 51.3 Å². The van der Waals surface area contributed by atoms with Crippen molar-refractivity contribution in [1.82, 2.24) is 10.6 Å². The molecule has 7 heteroatoms. The van der Waals surface area contributed by atoms with Gasteiger partial charge in [0.15, 0.2) is 5.96 Å². The van der Waals surface area contributed by atoms with Gasteiger partial charge in [0.05, 0.1) is 20.3 Å². The van der Waals surface area contributed by atoms with Crippen LogP contribution in [0.4, 0.5) is 5.69 Å². The fourth-order valence-electron chi connectivity index (χ4n) is 3.82. The molecule has 3 rings (SSSR count). The smallest absolute Gasteiger partial charge is 0.191 e. The van der Waals surface area contributed by atoms with Gasteiger partial charge in [0.2, 0.25) is 0 Å². The SMILES string of the molecule is CCNC(=NCC(CO)c1ccccc1)NCC1CCN(c2cccc(OC)c2)C1.I. The van der Waals surface area contributed by atoms with Crippen molar-refractivity contribution in [2.24, 2.45) is 10.9 Å². The summed E-state index contributed by atoms with van der Waals surface area (Å²) >= 11 is 0. The van der Waals surface area contributed by atoms with Gasteiger partial charge in [0.25, 0.3) is 0 Å². The summed E-state index contributed by atoms with van der Waals surface area (Å²) in [5.74, 6) is 2.28. The first kappa shape index (κ1) is 25.3. The molecule has 2 atom stereocenters. The van der Waals surface area contributed by atoms with Gasteiger partial charge in [-0.15, -0.1) is 24.0 Å². The van der Waals surface area contributed by atoms with Gasteiger partial charge in [-0.05, 0) is 37.0 Å². The van der Waals surface area contributed by atoms with Crippen LogP contribution in [-0.2, 0) is 0 Å². The normalized spacial score (nSPS) is 17.1. The van der Waals surface area contributed by atoms with Gasteiger partial charge in [-0.1, -0.05) is 36.4 Å². The lowest BCUT2D eigenvalue weighted by Gasteiger charge is -2.20. The first-order chi connectivity index (χ1) is 14.7. The number of aliphatic imine (C=N–C) groups is 1. The summed E-state index contributed by atoms with van der Waals surface area (Å²) in [5, 5.41) is 16.6. The maximum Gasteiger partial charge on any atom is 0.191 e. The van der Waals surface area contributed by atoms with Crippen LogP contribution in [0.1, 0.15) is 24.8 Å². The Balaban J connectivity index is 0.00000341. The monoisotopic (exact) mass is 538 g/mol. The number of nitrogens with zero attached hydrogens (tertiary/aromatic N) is 2. The first-order valence-electron chi connectivity index (χ1n) is 10.8. The molecule has 0 saturated carbocycles. The minimum Gasteiger partial charge on any atom is -0.497 e. The summed E-state index contributed by atoms with van der Waals surface area (Å²) < 4.78 is 5.35. The van der Waals surface area contributed by atoms with Crippen LogP contribution in [0.5, 0.6) is 5.75 Å². The Labute approximate surface area is 203 Å². The summed E-state index contributed by atoms with van der Waals surface area (Å²) in [5.41, 5.74) is 2.33. The van der Waals surface area contributed by atoms with Crippen LogP contribution in [0.25, 0.3) is 0 Å². The lowest BCUT2D eigenvalue weighted by molar-refractivity contribution is 0.268. The molecule has 0 bridgehead atoms. The molecular weight excluding hydrogens is 503 g/mol. The van der Waals surface area contributed by atoms with Crippen LogP contribution in [0, 0.1) is 5.92 Å². The molecule has 31 heavy (non-hydrogen) atoms. The van der Waals surface area contributed by atoms with Gasteiger partial charge in [-0.25, -0.2) is 0 Å². The summed E-state index contributed by atoms with van der Waals surface area (Å²) in [4.78, 5) is 7.14. The highest BCUT2D eigenvalue weighted by Crippen LogP contribution is 2.26. The maximum absolute atomic E-state index is 9.78. The molecule has 170 valence electrons. The van der Waals surface area contributed by atoms with Crippen LogP contribution in [0.2, 0.25) is 0 Å². The Morgan fingerprint density at radius 3 is 2.71 bits per heavy atom. The van der Waals surface area contributed by atoms with Gasteiger partial charge >= 0.3 is 0 Å². The van der Waals surface area contributed by atoms with E-state index in [9.17, 15) is 5.11 Å². The molecule has 2 aromatic rings. The summed E-state index contributed by atoms with van der Waals surface area (Å²) in [6, 6.07) is 18.3. The van der Waals surface area contributed by atoms with Crippen molar-refractivity contribution < 1.29 is 9.84 Å². The number of methoxy groups -OCH3 is 1. The third kappa shape index (κ3) is 7.57. The molecule has 1 aliphatic rings. The van der Waals surface area contributed by atoms with E-state index in [1.54, 1.807) is 7.11 Å². The largest absolute Gasteiger partial charge is 0.497 e. The molecule has 1 heterocycles. The first-order valence-corrected chi connectivity index (χ1v) is 10.8. The molecule has 3 N–H and O–H groups in total. The molecule has 2 aromatic carbocycles. The Bertz CT molecular complexity index is 803. The standard InChI is InChI=1S/C24H34N4O2.HI/c1-3-25-24(27-16-21(18-29)20-8-5-4-6-9-20)26-15-19-12-13-28(17-19)22-10-7-11-23(14-22)30-2;/h4-11,14,19,21,29H,3,12-13,15-18H2,1-2H3,(H2,25,26,27);1H. The number of aliphatic hydroxyl groups is 1. The van der Waals surface area contributed by atoms with Crippen LogP contribution in [0.3, 0.4) is 0 Å². The number of hydrogen-bond donors (Lipinski definition) is 3. The molecule has 0 aromatic heterocycles. The Morgan fingerprint density at radius 1 is 1.19 bits per heavy atom. The van der Waals surface area contributed by atoms with E-state index in [-0.39, 0.29) is 36.5 Å². The van der Waals surface area contributed by atoms with E-state index >= 15 is 0 Å². The van der Waals surface area contributed by atoms with Crippen LogP contribution < -0.4 is 20.3 Å². The highest BCUT2D eigenvalue weighted by molar-refractivity contribution is 14.0. The molecule has 6 nitrogen and oxygen atoms in total. The van der Waals surface area contributed by atoms with Gasteiger partial charge in [0, 0.05) is 43.9 Å². The van der Waals surface area contributed by atoms with Crippen molar-refractivity contribution in [3.05, 3.63) is 60.2 Å². The number of benzene rings is 2. The Kier molecular flexibility index (Phi) is 10.9. The molecule has 0 spiro atoms. The van der Waals surface area contributed by atoms with Crippen LogP contribution >= 0.6 is 24.0 Å². The van der Waals surface area contributed by atoms with Crippen LogP contribution in [0.15, 0.2) is 59.6 Å². The average Bonchev–Trinajstić information content (AvgIpc) is 3.27. The minimum absolute atomic E-state index is 0. The fraction of sp³-hybridized carbons (Fsp3) is 0.458.